The zero-order chi connectivity index (χ0) is 23.4. The molecule has 3 aromatic rings. The zero-order valence-corrected chi connectivity index (χ0v) is 19.8. The SMILES string of the molecule is CCCCCCN(C)c1ncnc2c1CCN(c1nc3cc(OC)c(OC)cc3c(=O)[nH]1)C2. The lowest BCUT2D eigenvalue weighted by molar-refractivity contribution is 0.355. The van der Waals surface area contributed by atoms with E-state index in [9.17, 15) is 4.79 Å². The van der Waals surface area contributed by atoms with E-state index in [0.717, 1.165) is 37.4 Å². The van der Waals surface area contributed by atoms with Crippen LogP contribution in [0.15, 0.2) is 23.3 Å². The monoisotopic (exact) mass is 452 g/mol. The fourth-order valence-corrected chi connectivity index (χ4v) is 4.33. The van der Waals surface area contributed by atoms with Crippen molar-refractivity contribution in [1.29, 1.82) is 0 Å². The first-order valence-corrected chi connectivity index (χ1v) is 11.5. The number of aromatic amines is 1. The predicted octanol–water partition coefficient (Wildman–Crippen LogP) is 3.31. The summed E-state index contributed by atoms with van der Waals surface area (Å²) < 4.78 is 10.7. The molecule has 0 saturated carbocycles. The maximum absolute atomic E-state index is 12.8. The molecule has 0 saturated heterocycles. The van der Waals surface area contributed by atoms with E-state index < -0.39 is 0 Å². The van der Waals surface area contributed by atoms with E-state index >= 15 is 0 Å². The Morgan fingerprint density at radius 1 is 1.12 bits per heavy atom. The molecule has 176 valence electrons. The number of methoxy groups -OCH3 is 2. The smallest absolute Gasteiger partial charge is 0.260 e. The summed E-state index contributed by atoms with van der Waals surface area (Å²) in [4.78, 5) is 33.8. The standard InChI is InChI=1S/C24H32N6O3/c1-5-6-7-8-10-29(2)22-16-9-11-30(14-19(16)25-15-26-22)24-27-18-13-21(33-4)20(32-3)12-17(18)23(31)28-24/h12-13,15H,5-11,14H2,1-4H3,(H,27,28,31). The number of benzene rings is 1. The molecule has 9 heteroatoms. The van der Waals surface area contributed by atoms with Crippen molar-refractivity contribution in [1.82, 2.24) is 19.9 Å². The third-order valence-electron chi connectivity index (χ3n) is 6.19. The Hall–Kier alpha value is -3.36. The quantitative estimate of drug-likeness (QED) is 0.494. The Labute approximate surface area is 193 Å². The van der Waals surface area contributed by atoms with Crippen LogP contribution in [0.1, 0.15) is 43.9 Å². The van der Waals surface area contributed by atoms with Gasteiger partial charge >= 0.3 is 0 Å². The molecule has 4 rings (SSSR count). The maximum atomic E-state index is 12.8. The van der Waals surface area contributed by atoms with E-state index in [2.05, 4.69) is 38.7 Å². The van der Waals surface area contributed by atoms with Gasteiger partial charge in [-0.15, -0.1) is 0 Å². The van der Waals surface area contributed by atoms with Crippen LogP contribution in [0, 0.1) is 0 Å². The summed E-state index contributed by atoms with van der Waals surface area (Å²) in [5, 5.41) is 0.461. The Morgan fingerprint density at radius 3 is 2.67 bits per heavy atom. The van der Waals surface area contributed by atoms with E-state index in [0.29, 0.717) is 34.9 Å². The summed E-state index contributed by atoms with van der Waals surface area (Å²) in [5.41, 5.74) is 2.51. The molecule has 33 heavy (non-hydrogen) atoms. The van der Waals surface area contributed by atoms with E-state index in [1.54, 1.807) is 32.7 Å². The van der Waals surface area contributed by atoms with E-state index in [4.69, 9.17) is 14.5 Å². The molecule has 0 amide bonds. The van der Waals surface area contributed by atoms with Crippen molar-refractivity contribution in [2.45, 2.75) is 45.6 Å². The molecule has 9 nitrogen and oxygen atoms in total. The highest BCUT2D eigenvalue weighted by Gasteiger charge is 2.24. The highest BCUT2D eigenvalue weighted by atomic mass is 16.5. The van der Waals surface area contributed by atoms with Gasteiger partial charge in [-0.2, -0.15) is 0 Å². The highest BCUT2D eigenvalue weighted by molar-refractivity contribution is 5.82. The van der Waals surface area contributed by atoms with Crippen LogP contribution in [-0.4, -0.2) is 54.3 Å². The maximum Gasteiger partial charge on any atom is 0.260 e. The topological polar surface area (TPSA) is 96.5 Å². The second kappa shape index (κ2) is 10.1. The molecular weight excluding hydrogens is 420 g/mol. The van der Waals surface area contributed by atoms with Gasteiger partial charge in [0.25, 0.3) is 5.56 Å². The van der Waals surface area contributed by atoms with Crippen LogP contribution >= 0.6 is 0 Å². The minimum atomic E-state index is -0.211. The number of hydrogen-bond donors (Lipinski definition) is 1. The molecule has 1 N–H and O–H groups in total. The predicted molar refractivity (Wildman–Crippen MR) is 130 cm³/mol. The van der Waals surface area contributed by atoms with Gasteiger partial charge in [-0.1, -0.05) is 26.2 Å². The second-order valence-corrected chi connectivity index (χ2v) is 8.39. The van der Waals surface area contributed by atoms with Gasteiger partial charge in [0.2, 0.25) is 5.95 Å². The first kappa shape index (κ1) is 22.8. The van der Waals surface area contributed by atoms with Crippen LogP contribution in [0.4, 0.5) is 11.8 Å². The average Bonchev–Trinajstić information content (AvgIpc) is 2.84. The molecule has 3 heterocycles. The summed E-state index contributed by atoms with van der Waals surface area (Å²) in [6.45, 7) is 4.49. The summed E-state index contributed by atoms with van der Waals surface area (Å²) in [5.74, 6) is 2.57. The molecule has 0 fully saturated rings. The third kappa shape index (κ3) is 4.72. The molecule has 0 radical (unpaired) electrons. The van der Waals surface area contributed by atoms with Gasteiger partial charge in [0, 0.05) is 31.8 Å². The van der Waals surface area contributed by atoms with Gasteiger partial charge in [0.15, 0.2) is 11.5 Å². The molecular formula is C24H32N6O3. The van der Waals surface area contributed by atoms with Crippen molar-refractivity contribution in [3.05, 3.63) is 40.1 Å². The molecule has 1 aliphatic heterocycles. The number of anilines is 2. The number of unbranched alkanes of at least 4 members (excludes halogenated alkanes) is 3. The molecule has 0 unspecified atom stereocenters. The van der Waals surface area contributed by atoms with Gasteiger partial charge in [-0.05, 0) is 18.9 Å². The van der Waals surface area contributed by atoms with E-state index in [1.807, 2.05) is 0 Å². The lowest BCUT2D eigenvalue weighted by Gasteiger charge is -2.31. The first-order chi connectivity index (χ1) is 16.0. The fraction of sp³-hybridized carbons (Fsp3) is 0.500. The minimum absolute atomic E-state index is 0.211. The van der Waals surface area contributed by atoms with Gasteiger partial charge in [-0.25, -0.2) is 15.0 Å². The molecule has 0 aliphatic carbocycles. The lowest BCUT2D eigenvalue weighted by Crippen LogP contribution is -2.35. The van der Waals surface area contributed by atoms with Crippen molar-refractivity contribution in [2.24, 2.45) is 0 Å². The van der Waals surface area contributed by atoms with Gasteiger partial charge in [0.1, 0.15) is 12.1 Å². The molecule has 0 atom stereocenters. The van der Waals surface area contributed by atoms with Gasteiger partial charge in [0.05, 0.1) is 37.4 Å². The molecule has 1 aliphatic rings. The number of ether oxygens (including phenoxy) is 2. The largest absolute Gasteiger partial charge is 0.493 e. The molecule has 1 aromatic carbocycles. The molecule has 2 aromatic heterocycles. The molecule has 0 spiro atoms. The number of nitrogens with one attached hydrogen (secondary N) is 1. The number of H-pyrrole nitrogens is 1. The summed E-state index contributed by atoms with van der Waals surface area (Å²) in [7, 11) is 5.21. The van der Waals surface area contributed by atoms with Gasteiger partial charge in [-0.3, -0.25) is 9.78 Å². The summed E-state index contributed by atoms with van der Waals surface area (Å²) >= 11 is 0. The van der Waals surface area contributed by atoms with Gasteiger partial charge < -0.3 is 19.3 Å². The minimum Gasteiger partial charge on any atom is -0.493 e. The van der Waals surface area contributed by atoms with Crippen LogP contribution in [0.2, 0.25) is 0 Å². The van der Waals surface area contributed by atoms with E-state index in [1.165, 1.54) is 24.8 Å². The highest BCUT2D eigenvalue weighted by Crippen LogP contribution is 2.31. The molecule has 0 bridgehead atoms. The van der Waals surface area contributed by atoms with Crippen molar-refractivity contribution >= 4 is 22.7 Å². The van der Waals surface area contributed by atoms with Crippen LogP contribution < -0.4 is 24.8 Å². The normalized spacial score (nSPS) is 13.2. The second-order valence-electron chi connectivity index (χ2n) is 8.39. The number of fused-ring (bicyclic) bond motifs is 2. The average molecular weight is 453 g/mol. The lowest BCUT2D eigenvalue weighted by atomic mass is 10.1. The van der Waals surface area contributed by atoms with Crippen LogP contribution in [0.5, 0.6) is 11.5 Å². The van der Waals surface area contributed by atoms with Crippen molar-refractivity contribution < 1.29 is 9.47 Å². The summed E-state index contributed by atoms with van der Waals surface area (Å²) in [6, 6.07) is 3.39. The Kier molecular flexibility index (Phi) is 6.96. The Morgan fingerprint density at radius 2 is 1.91 bits per heavy atom. The summed E-state index contributed by atoms with van der Waals surface area (Å²) in [6.07, 6.45) is 7.31. The number of aromatic nitrogens is 4. The fourth-order valence-electron chi connectivity index (χ4n) is 4.33. The Bertz CT molecular complexity index is 1180. The van der Waals surface area contributed by atoms with Crippen molar-refractivity contribution in [3.8, 4) is 11.5 Å². The van der Waals surface area contributed by atoms with Crippen molar-refractivity contribution in [2.75, 3.05) is 44.2 Å². The van der Waals surface area contributed by atoms with Crippen LogP contribution in [0.25, 0.3) is 10.9 Å². The van der Waals surface area contributed by atoms with Crippen LogP contribution in [0.3, 0.4) is 0 Å². The van der Waals surface area contributed by atoms with E-state index in [-0.39, 0.29) is 5.56 Å². The number of hydrogen-bond acceptors (Lipinski definition) is 8. The first-order valence-electron chi connectivity index (χ1n) is 11.5. The number of nitrogens with zero attached hydrogens (tertiary/aromatic N) is 5. The third-order valence-corrected chi connectivity index (χ3v) is 6.19. The zero-order valence-electron chi connectivity index (χ0n) is 19.8. The van der Waals surface area contributed by atoms with Crippen LogP contribution in [-0.2, 0) is 13.0 Å². The Balaban J connectivity index is 1.58. The number of rotatable bonds is 9. The van der Waals surface area contributed by atoms with Crippen molar-refractivity contribution in [3.63, 3.8) is 0 Å².